The van der Waals surface area contributed by atoms with Crippen LogP contribution in [-0.4, -0.2) is 17.3 Å². The van der Waals surface area contributed by atoms with Crippen LogP contribution in [0.1, 0.15) is 12.0 Å². The first-order chi connectivity index (χ1) is 9.38. The highest BCUT2D eigenvalue weighted by molar-refractivity contribution is 7.99. The average molecular weight is 270 g/mol. The lowest BCUT2D eigenvalue weighted by molar-refractivity contribution is 0.318. The number of rotatable bonds is 6. The standard InChI is InChI=1S/C15H14N2OS/c16-12-13-2-4-14(5-3-13)18-10-1-11-19-15-6-8-17-9-7-15/h2-9H,1,10-11H2. The Kier molecular flexibility index (Phi) is 5.27. The fourth-order valence-electron chi connectivity index (χ4n) is 1.50. The Bertz CT molecular complexity index is 534. The molecule has 0 saturated heterocycles. The SMILES string of the molecule is N#Cc1ccc(OCCCSc2ccncc2)cc1. The predicted molar refractivity (Wildman–Crippen MR) is 76.2 cm³/mol. The second-order valence-electron chi connectivity index (χ2n) is 3.87. The third kappa shape index (κ3) is 4.65. The van der Waals surface area contributed by atoms with Gasteiger partial charge >= 0.3 is 0 Å². The van der Waals surface area contributed by atoms with Crippen LogP contribution in [0.4, 0.5) is 0 Å². The summed E-state index contributed by atoms with van der Waals surface area (Å²) in [6, 6.07) is 13.3. The zero-order valence-corrected chi connectivity index (χ0v) is 11.3. The summed E-state index contributed by atoms with van der Waals surface area (Å²) in [7, 11) is 0. The molecule has 0 aliphatic heterocycles. The number of pyridine rings is 1. The van der Waals surface area contributed by atoms with Crippen LogP contribution < -0.4 is 4.74 Å². The van der Waals surface area contributed by atoms with Gasteiger partial charge in [0.2, 0.25) is 0 Å². The van der Waals surface area contributed by atoms with Crippen LogP contribution >= 0.6 is 11.8 Å². The molecule has 19 heavy (non-hydrogen) atoms. The molecular formula is C15H14N2OS. The Morgan fingerprint density at radius 3 is 2.53 bits per heavy atom. The maximum Gasteiger partial charge on any atom is 0.119 e. The third-order valence-electron chi connectivity index (χ3n) is 2.46. The average Bonchev–Trinajstić information content (AvgIpc) is 2.49. The molecule has 3 nitrogen and oxygen atoms in total. The lowest BCUT2D eigenvalue weighted by Crippen LogP contribution is -1.98. The van der Waals surface area contributed by atoms with Crippen LogP contribution in [-0.2, 0) is 0 Å². The van der Waals surface area contributed by atoms with Crippen molar-refractivity contribution in [3.05, 3.63) is 54.4 Å². The molecule has 0 bridgehead atoms. The number of aromatic nitrogens is 1. The van der Waals surface area contributed by atoms with Gasteiger partial charge in [-0.3, -0.25) is 4.98 Å². The van der Waals surface area contributed by atoms with E-state index in [4.69, 9.17) is 10.00 Å². The molecule has 0 saturated carbocycles. The van der Waals surface area contributed by atoms with Crippen molar-refractivity contribution in [1.82, 2.24) is 4.98 Å². The summed E-state index contributed by atoms with van der Waals surface area (Å²) >= 11 is 1.80. The van der Waals surface area contributed by atoms with Gasteiger partial charge in [-0.2, -0.15) is 5.26 Å². The van der Waals surface area contributed by atoms with E-state index < -0.39 is 0 Å². The lowest BCUT2D eigenvalue weighted by atomic mass is 10.2. The van der Waals surface area contributed by atoms with E-state index in [-0.39, 0.29) is 0 Å². The highest BCUT2D eigenvalue weighted by Crippen LogP contribution is 2.17. The number of nitrogens with zero attached hydrogens (tertiary/aromatic N) is 2. The van der Waals surface area contributed by atoms with Crippen molar-refractivity contribution >= 4 is 11.8 Å². The molecule has 0 radical (unpaired) electrons. The third-order valence-corrected chi connectivity index (χ3v) is 3.56. The number of benzene rings is 1. The molecule has 4 heteroatoms. The van der Waals surface area contributed by atoms with Crippen molar-refractivity contribution in [1.29, 1.82) is 5.26 Å². The molecule has 0 unspecified atom stereocenters. The summed E-state index contributed by atoms with van der Waals surface area (Å²) in [5, 5.41) is 8.68. The zero-order valence-electron chi connectivity index (χ0n) is 10.5. The van der Waals surface area contributed by atoms with Gasteiger partial charge in [-0.1, -0.05) is 0 Å². The topological polar surface area (TPSA) is 45.9 Å². The normalized spacial score (nSPS) is 9.84. The van der Waals surface area contributed by atoms with Crippen LogP contribution in [0.25, 0.3) is 0 Å². The van der Waals surface area contributed by atoms with Crippen molar-refractivity contribution in [2.75, 3.05) is 12.4 Å². The first-order valence-electron chi connectivity index (χ1n) is 6.04. The minimum atomic E-state index is 0.653. The monoisotopic (exact) mass is 270 g/mol. The van der Waals surface area contributed by atoms with Crippen LogP contribution in [0.15, 0.2) is 53.7 Å². The van der Waals surface area contributed by atoms with Crippen LogP contribution in [0.2, 0.25) is 0 Å². The fourth-order valence-corrected chi connectivity index (χ4v) is 2.31. The Labute approximate surface area is 117 Å². The first kappa shape index (κ1) is 13.4. The summed E-state index contributed by atoms with van der Waals surface area (Å²) in [5.41, 5.74) is 0.653. The molecule has 96 valence electrons. The predicted octanol–water partition coefficient (Wildman–Crippen LogP) is 3.51. The second kappa shape index (κ2) is 7.45. The molecule has 2 rings (SSSR count). The molecule has 0 spiro atoms. The Hall–Kier alpha value is -1.99. The van der Waals surface area contributed by atoms with Gasteiger partial charge in [-0.25, -0.2) is 0 Å². The van der Waals surface area contributed by atoms with Crippen molar-refractivity contribution in [2.45, 2.75) is 11.3 Å². The van der Waals surface area contributed by atoms with Gasteiger partial charge in [0, 0.05) is 23.0 Å². The maximum absolute atomic E-state index is 8.68. The summed E-state index contributed by atoms with van der Waals surface area (Å²) in [6.45, 7) is 0.685. The molecule has 2 aromatic rings. The van der Waals surface area contributed by atoms with Gasteiger partial charge in [0.1, 0.15) is 5.75 Å². The molecule has 0 N–H and O–H groups in total. The fraction of sp³-hybridized carbons (Fsp3) is 0.200. The molecular weight excluding hydrogens is 256 g/mol. The van der Waals surface area contributed by atoms with E-state index >= 15 is 0 Å². The molecule has 0 aliphatic rings. The second-order valence-corrected chi connectivity index (χ2v) is 5.04. The lowest BCUT2D eigenvalue weighted by Gasteiger charge is -2.05. The van der Waals surface area contributed by atoms with E-state index in [0.717, 1.165) is 17.9 Å². The van der Waals surface area contributed by atoms with Gasteiger partial charge in [-0.05, 0) is 42.8 Å². The van der Waals surface area contributed by atoms with Crippen molar-refractivity contribution in [3.8, 4) is 11.8 Å². The number of hydrogen-bond donors (Lipinski definition) is 0. The molecule has 1 aromatic carbocycles. The van der Waals surface area contributed by atoms with E-state index in [1.54, 1.807) is 36.3 Å². The molecule has 1 aromatic heterocycles. The van der Waals surface area contributed by atoms with E-state index in [1.807, 2.05) is 24.3 Å². The number of nitriles is 1. The largest absolute Gasteiger partial charge is 0.494 e. The van der Waals surface area contributed by atoms with Crippen molar-refractivity contribution < 1.29 is 4.74 Å². The zero-order chi connectivity index (χ0) is 13.3. The van der Waals surface area contributed by atoms with Gasteiger partial charge in [0.05, 0.1) is 18.2 Å². The highest BCUT2D eigenvalue weighted by Gasteiger charge is 1.96. The van der Waals surface area contributed by atoms with Gasteiger partial charge in [0.25, 0.3) is 0 Å². The minimum absolute atomic E-state index is 0.653. The van der Waals surface area contributed by atoms with Crippen LogP contribution in [0, 0.1) is 11.3 Å². The van der Waals surface area contributed by atoms with E-state index in [0.29, 0.717) is 12.2 Å². The van der Waals surface area contributed by atoms with Gasteiger partial charge in [0.15, 0.2) is 0 Å². The van der Waals surface area contributed by atoms with Crippen LogP contribution in [0.3, 0.4) is 0 Å². The van der Waals surface area contributed by atoms with Gasteiger partial charge < -0.3 is 4.74 Å². The smallest absolute Gasteiger partial charge is 0.119 e. The van der Waals surface area contributed by atoms with Crippen molar-refractivity contribution in [2.24, 2.45) is 0 Å². The maximum atomic E-state index is 8.68. The Morgan fingerprint density at radius 1 is 1.11 bits per heavy atom. The van der Waals surface area contributed by atoms with Gasteiger partial charge in [-0.15, -0.1) is 11.8 Å². The molecule has 1 heterocycles. The quantitative estimate of drug-likeness (QED) is 0.595. The van der Waals surface area contributed by atoms with E-state index in [9.17, 15) is 0 Å². The summed E-state index contributed by atoms with van der Waals surface area (Å²) in [5.74, 6) is 1.83. The van der Waals surface area contributed by atoms with Crippen molar-refractivity contribution in [3.63, 3.8) is 0 Å². The number of hydrogen-bond acceptors (Lipinski definition) is 4. The summed E-state index contributed by atoms with van der Waals surface area (Å²) in [4.78, 5) is 5.21. The van der Waals surface area contributed by atoms with Crippen LogP contribution in [0.5, 0.6) is 5.75 Å². The first-order valence-corrected chi connectivity index (χ1v) is 7.03. The molecule has 0 atom stereocenters. The summed E-state index contributed by atoms with van der Waals surface area (Å²) in [6.07, 6.45) is 4.58. The van der Waals surface area contributed by atoms with E-state index in [2.05, 4.69) is 11.1 Å². The highest BCUT2D eigenvalue weighted by atomic mass is 32.2. The molecule has 0 aliphatic carbocycles. The minimum Gasteiger partial charge on any atom is -0.494 e. The Morgan fingerprint density at radius 2 is 1.84 bits per heavy atom. The molecule has 0 fully saturated rings. The summed E-state index contributed by atoms with van der Waals surface area (Å²) < 4.78 is 5.61. The number of thioether (sulfide) groups is 1. The van der Waals surface area contributed by atoms with E-state index in [1.165, 1.54) is 4.90 Å². The Balaban J connectivity index is 1.65. The molecule has 0 amide bonds. The number of ether oxygens (including phenoxy) is 1.